The molecule has 0 aromatic carbocycles. The van der Waals surface area contributed by atoms with Gasteiger partial charge in [0.15, 0.2) is 0 Å². The van der Waals surface area contributed by atoms with Crippen LogP contribution in [0.25, 0.3) is 0 Å². The van der Waals surface area contributed by atoms with E-state index in [2.05, 4.69) is 4.98 Å². The van der Waals surface area contributed by atoms with Crippen LogP contribution in [-0.4, -0.2) is 32.4 Å². The number of aryl methyl sites for hydroxylation is 1. The van der Waals surface area contributed by atoms with Crippen LogP contribution in [0.2, 0.25) is 0 Å². The van der Waals surface area contributed by atoms with Gasteiger partial charge in [0, 0.05) is 17.3 Å². The van der Waals surface area contributed by atoms with Gasteiger partial charge in [-0.3, -0.25) is 9.59 Å². The molecule has 0 aliphatic carbocycles. The van der Waals surface area contributed by atoms with E-state index in [1.165, 1.54) is 12.1 Å². The van der Waals surface area contributed by atoms with Crippen LogP contribution in [0.3, 0.4) is 0 Å². The van der Waals surface area contributed by atoms with Crippen molar-refractivity contribution >= 4 is 5.97 Å². The third-order valence-electron chi connectivity index (χ3n) is 2.22. The summed E-state index contributed by atoms with van der Waals surface area (Å²) < 4.78 is 0. The lowest BCUT2D eigenvalue weighted by Gasteiger charge is -2.17. The normalized spacial score (nSPS) is 14.4. The first kappa shape index (κ1) is 12.4. The molecule has 6 heteroatoms. The standard InChI is InChI=1S/C10H13NO5/c1-5-6(2-3-8(13)11-5)10(16)7(12)4-9(14)15/h2-3,7,10,12,16H,4H2,1H3,(H,11,13)(H,14,15). The molecule has 1 aromatic heterocycles. The third-order valence-corrected chi connectivity index (χ3v) is 2.22. The lowest BCUT2D eigenvalue weighted by Crippen LogP contribution is -2.23. The number of carboxylic acids is 1. The average molecular weight is 227 g/mol. The van der Waals surface area contributed by atoms with E-state index in [-0.39, 0.29) is 5.56 Å². The summed E-state index contributed by atoms with van der Waals surface area (Å²) in [6, 6.07) is 2.57. The number of hydrogen-bond acceptors (Lipinski definition) is 4. The Labute approximate surface area is 91.2 Å². The zero-order valence-corrected chi connectivity index (χ0v) is 8.67. The third kappa shape index (κ3) is 2.91. The second-order valence-electron chi connectivity index (χ2n) is 3.51. The summed E-state index contributed by atoms with van der Waals surface area (Å²) in [6.07, 6.45) is -3.28. The van der Waals surface area contributed by atoms with Crippen LogP contribution in [0, 0.1) is 6.92 Å². The van der Waals surface area contributed by atoms with Gasteiger partial charge in [-0.1, -0.05) is 0 Å². The van der Waals surface area contributed by atoms with Gasteiger partial charge in [0.05, 0.1) is 12.5 Å². The highest BCUT2D eigenvalue weighted by Gasteiger charge is 2.22. The Hall–Kier alpha value is -1.66. The molecule has 6 nitrogen and oxygen atoms in total. The van der Waals surface area contributed by atoms with Crippen molar-refractivity contribution in [1.82, 2.24) is 4.98 Å². The van der Waals surface area contributed by atoms with Crippen molar-refractivity contribution in [2.45, 2.75) is 25.6 Å². The lowest BCUT2D eigenvalue weighted by molar-refractivity contribution is -0.141. The van der Waals surface area contributed by atoms with Crippen molar-refractivity contribution in [2.75, 3.05) is 0 Å². The Morgan fingerprint density at radius 2 is 2.06 bits per heavy atom. The molecule has 1 rings (SSSR count). The predicted molar refractivity (Wildman–Crippen MR) is 55.0 cm³/mol. The molecule has 88 valence electrons. The van der Waals surface area contributed by atoms with Crippen LogP contribution < -0.4 is 5.56 Å². The molecule has 0 spiro atoms. The molecule has 4 N–H and O–H groups in total. The molecule has 2 atom stereocenters. The first-order valence-electron chi connectivity index (χ1n) is 4.69. The number of aliphatic hydroxyl groups excluding tert-OH is 2. The van der Waals surface area contributed by atoms with Gasteiger partial charge >= 0.3 is 5.97 Å². The first-order chi connectivity index (χ1) is 7.41. The number of carbonyl (C=O) groups is 1. The second-order valence-corrected chi connectivity index (χ2v) is 3.51. The Morgan fingerprint density at radius 3 is 2.56 bits per heavy atom. The van der Waals surface area contributed by atoms with E-state index < -0.39 is 24.6 Å². The van der Waals surface area contributed by atoms with Crippen molar-refractivity contribution < 1.29 is 20.1 Å². The van der Waals surface area contributed by atoms with E-state index in [0.717, 1.165) is 0 Å². The zero-order chi connectivity index (χ0) is 12.3. The highest BCUT2D eigenvalue weighted by atomic mass is 16.4. The number of carboxylic acid groups (broad SMARTS) is 1. The summed E-state index contributed by atoms with van der Waals surface area (Å²) in [4.78, 5) is 23.7. The summed E-state index contributed by atoms with van der Waals surface area (Å²) in [5.74, 6) is -1.20. The number of aliphatic carboxylic acids is 1. The summed E-state index contributed by atoms with van der Waals surface area (Å²) >= 11 is 0. The SMILES string of the molecule is Cc1[nH]c(=O)ccc1C(O)C(O)CC(=O)O. The van der Waals surface area contributed by atoms with E-state index in [0.29, 0.717) is 11.3 Å². The molecule has 0 saturated heterocycles. The summed E-state index contributed by atoms with van der Waals surface area (Å²) in [7, 11) is 0. The van der Waals surface area contributed by atoms with E-state index in [1.54, 1.807) is 6.92 Å². The van der Waals surface area contributed by atoms with Crippen molar-refractivity contribution in [3.8, 4) is 0 Å². The van der Waals surface area contributed by atoms with Crippen LogP contribution in [0.5, 0.6) is 0 Å². The number of aromatic amines is 1. The highest BCUT2D eigenvalue weighted by molar-refractivity contribution is 5.67. The number of rotatable bonds is 4. The van der Waals surface area contributed by atoms with E-state index in [9.17, 15) is 19.8 Å². The van der Waals surface area contributed by atoms with Crippen LogP contribution >= 0.6 is 0 Å². The Morgan fingerprint density at radius 1 is 1.44 bits per heavy atom. The van der Waals surface area contributed by atoms with E-state index >= 15 is 0 Å². The van der Waals surface area contributed by atoms with Crippen LogP contribution in [0.15, 0.2) is 16.9 Å². The van der Waals surface area contributed by atoms with Gasteiger partial charge in [-0.05, 0) is 13.0 Å². The highest BCUT2D eigenvalue weighted by Crippen LogP contribution is 2.20. The van der Waals surface area contributed by atoms with Crippen LogP contribution in [0.4, 0.5) is 0 Å². The maximum Gasteiger partial charge on any atom is 0.306 e. The van der Waals surface area contributed by atoms with Gasteiger partial charge in [-0.25, -0.2) is 0 Å². The van der Waals surface area contributed by atoms with E-state index in [4.69, 9.17) is 5.11 Å². The molecule has 2 unspecified atom stereocenters. The molecule has 0 aliphatic rings. The molecule has 0 amide bonds. The maximum absolute atomic E-state index is 10.9. The molecule has 0 fully saturated rings. The largest absolute Gasteiger partial charge is 0.481 e. The Bertz CT molecular complexity index is 439. The predicted octanol–water partition coefficient (Wildman–Crippen LogP) is -0.448. The van der Waals surface area contributed by atoms with Gasteiger partial charge < -0.3 is 20.3 Å². The fourth-order valence-electron chi connectivity index (χ4n) is 1.41. The van der Waals surface area contributed by atoms with Gasteiger partial charge in [0.25, 0.3) is 0 Å². The molecular weight excluding hydrogens is 214 g/mol. The summed E-state index contributed by atoms with van der Waals surface area (Å²) in [5, 5.41) is 27.6. The minimum absolute atomic E-state index is 0.313. The quantitative estimate of drug-likeness (QED) is 0.557. The fraction of sp³-hybridized carbons (Fsp3) is 0.400. The second kappa shape index (κ2) is 4.91. The molecule has 0 aliphatic heterocycles. The number of H-pyrrole nitrogens is 1. The van der Waals surface area contributed by atoms with Crippen molar-refractivity contribution in [3.63, 3.8) is 0 Å². The first-order valence-corrected chi connectivity index (χ1v) is 4.69. The van der Waals surface area contributed by atoms with Crippen molar-refractivity contribution in [3.05, 3.63) is 33.7 Å². The smallest absolute Gasteiger partial charge is 0.306 e. The van der Waals surface area contributed by atoms with E-state index in [1.807, 2.05) is 0 Å². The molecule has 0 saturated carbocycles. The van der Waals surface area contributed by atoms with Crippen molar-refractivity contribution in [1.29, 1.82) is 0 Å². The fourth-order valence-corrected chi connectivity index (χ4v) is 1.41. The topological polar surface area (TPSA) is 111 Å². The number of pyridine rings is 1. The Kier molecular flexibility index (Phi) is 3.81. The number of aliphatic hydroxyl groups is 2. The minimum atomic E-state index is -1.40. The van der Waals surface area contributed by atoms with Gasteiger partial charge in [-0.15, -0.1) is 0 Å². The Balaban J connectivity index is 2.91. The summed E-state index contributed by atoms with van der Waals surface area (Å²) in [6.45, 7) is 1.56. The lowest BCUT2D eigenvalue weighted by atomic mass is 10.0. The average Bonchev–Trinajstić information content (AvgIpc) is 2.15. The molecule has 0 bridgehead atoms. The maximum atomic E-state index is 10.9. The monoisotopic (exact) mass is 227 g/mol. The van der Waals surface area contributed by atoms with Crippen molar-refractivity contribution in [2.24, 2.45) is 0 Å². The number of hydrogen-bond donors (Lipinski definition) is 4. The van der Waals surface area contributed by atoms with Gasteiger partial charge in [-0.2, -0.15) is 0 Å². The molecule has 1 aromatic rings. The molecule has 1 heterocycles. The number of aromatic nitrogens is 1. The van der Waals surface area contributed by atoms with Gasteiger partial charge in [0.1, 0.15) is 6.10 Å². The molecule has 16 heavy (non-hydrogen) atoms. The summed E-state index contributed by atoms with van der Waals surface area (Å²) in [5.41, 5.74) is 0.402. The molecule has 0 radical (unpaired) electrons. The minimum Gasteiger partial charge on any atom is -0.481 e. The molecular formula is C10H13NO5. The zero-order valence-electron chi connectivity index (χ0n) is 8.67. The van der Waals surface area contributed by atoms with Crippen LogP contribution in [-0.2, 0) is 4.79 Å². The van der Waals surface area contributed by atoms with Gasteiger partial charge in [0.2, 0.25) is 5.56 Å². The van der Waals surface area contributed by atoms with Crippen LogP contribution in [0.1, 0.15) is 23.8 Å². The number of nitrogens with one attached hydrogen (secondary N) is 1.